The first-order valence-electron chi connectivity index (χ1n) is 5.05. The second-order valence-corrected chi connectivity index (χ2v) is 4.53. The quantitative estimate of drug-likeness (QED) is 0.618. The molecule has 98 valence electrons. The summed E-state index contributed by atoms with van der Waals surface area (Å²) in [6.07, 6.45) is 3.01. The molecule has 0 saturated heterocycles. The molecule has 0 aliphatic heterocycles. The first-order chi connectivity index (χ1) is 8.47. The van der Waals surface area contributed by atoms with Crippen LogP contribution in [0.25, 0.3) is 0 Å². The number of carbonyl (C=O) groups is 1. The molecule has 0 spiro atoms. The zero-order chi connectivity index (χ0) is 13.7. The Morgan fingerprint density at radius 1 is 1.67 bits per heavy atom. The van der Waals surface area contributed by atoms with Gasteiger partial charge in [-0.3, -0.25) is 10.1 Å². The molecule has 0 aliphatic carbocycles. The van der Waals surface area contributed by atoms with E-state index >= 15 is 0 Å². The van der Waals surface area contributed by atoms with E-state index in [1.165, 1.54) is 0 Å². The van der Waals surface area contributed by atoms with E-state index in [9.17, 15) is 14.9 Å². The number of nitro groups is 1. The van der Waals surface area contributed by atoms with Crippen molar-refractivity contribution in [3.8, 4) is 0 Å². The molecule has 18 heavy (non-hydrogen) atoms. The first kappa shape index (κ1) is 14.2. The normalized spacial score (nSPS) is 10.1. The summed E-state index contributed by atoms with van der Waals surface area (Å²) in [5.41, 5.74) is -0.484. The lowest BCUT2D eigenvalue weighted by atomic mass is 10.2. The molecule has 1 aromatic heterocycles. The highest BCUT2D eigenvalue weighted by atomic mass is 32.2. The van der Waals surface area contributed by atoms with Crippen LogP contribution in [0.15, 0.2) is 12.3 Å². The summed E-state index contributed by atoms with van der Waals surface area (Å²) in [5, 5.41) is 19.6. The Hall–Kier alpha value is -1.83. The highest BCUT2D eigenvalue weighted by Gasteiger charge is 2.19. The molecule has 0 fully saturated rings. The Morgan fingerprint density at radius 3 is 2.83 bits per heavy atom. The van der Waals surface area contributed by atoms with E-state index in [1.807, 2.05) is 6.26 Å². The van der Waals surface area contributed by atoms with E-state index in [0.717, 1.165) is 18.0 Å². The predicted octanol–water partition coefficient (Wildman–Crippen LogP) is 1.49. The van der Waals surface area contributed by atoms with E-state index in [2.05, 4.69) is 4.98 Å². The monoisotopic (exact) mass is 271 g/mol. The largest absolute Gasteiger partial charge is 0.478 e. The molecule has 0 radical (unpaired) electrons. The van der Waals surface area contributed by atoms with Crippen LogP contribution in [0.5, 0.6) is 0 Å². The van der Waals surface area contributed by atoms with Gasteiger partial charge in [-0.2, -0.15) is 11.8 Å². The molecule has 0 unspecified atom stereocenters. The number of carboxylic acids is 1. The van der Waals surface area contributed by atoms with Gasteiger partial charge in [-0.05, 0) is 6.26 Å². The highest BCUT2D eigenvalue weighted by Crippen LogP contribution is 2.21. The third-order valence-electron chi connectivity index (χ3n) is 2.29. The molecule has 0 amide bonds. The van der Waals surface area contributed by atoms with E-state index in [4.69, 9.17) is 5.11 Å². The van der Waals surface area contributed by atoms with Crippen molar-refractivity contribution < 1.29 is 14.8 Å². The van der Waals surface area contributed by atoms with Gasteiger partial charge in [-0.15, -0.1) is 0 Å². The van der Waals surface area contributed by atoms with Crippen LogP contribution in [0.2, 0.25) is 0 Å². The van der Waals surface area contributed by atoms with Gasteiger partial charge in [-0.25, -0.2) is 9.78 Å². The van der Waals surface area contributed by atoms with Crippen LogP contribution in [0.3, 0.4) is 0 Å². The van der Waals surface area contributed by atoms with Crippen molar-refractivity contribution in [2.45, 2.75) is 0 Å². The molecular formula is C10H13N3O4S. The minimum absolute atomic E-state index is 0.159. The van der Waals surface area contributed by atoms with Gasteiger partial charge < -0.3 is 10.0 Å². The van der Waals surface area contributed by atoms with Gasteiger partial charge in [0, 0.05) is 25.4 Å². The molecule has 0 aliphatic rings. The van der Waals surface area contributed by atoms with Crippen LogP contribution in [0, 0.1) is 10.1 Å². The van der Waals surface area contributed by atoms with Gasteiger partial charge in [0.1, 0.15) is 17.6 Å². The standard InChI is InChI=1S/C10H13N3O4S/c1-12(3-4-18-2)9-8(10(14)15)5-7(6-11-9)13(16)17/h5-6H,3-4H2,1-2H3,(H,14,15). The summed E-state index contributed by atoms with van der Waals surface area (Å²) in [7, 11) is 1.71. The summed E-state index contributed by atoms with van der Waals surface area (Å²) < 4.78 is 0. The zero-order valence-electron chi connectivity index (χ0n) is 9.99. The Morgan fingerprint density at radius 2 is 2.33 bits per heavy atom. The maximum Gasteiger partial charge on any atom is 0.339 e. The van der Waals surface area contributed by atoms with Crippen molar-refractivity contribution in [3.63, 3.8) is 0 Å². The lowest BCUT2D eigenvalue weighted by molar-refractivity contribution is -0.385. The van der Waals surface area contributed by atoms with Crippen molar-refractivity contribution in [1.29, 1.82) is 0 Å². The summed E-state index contributed by atoms with van der Waals surface area (Å²) >= 11 is 1.62. The number of nitrogens with zero attached hydrogens (tertiary/aromatic N) is 3. The van der Waals surface area contributed by atoms with Gasteiger partial charge in [0.25, 0.3) is 5.69 Å². The smallest absolute Gasteiger partial charge is 0.339 e. The molecule has 1 heterocycles. The topological polar surface area (TPSA) is 96.6 Å². The molecule has 0 bridgehead atoms. The number of carboxylic acid groups (broad SMARTS) is 1. The van der Waals surface area contributed by atoms with Crippen molar-refractivity contribution in [1.82, 2.24) is 4.98 Å². The van der Waals surface area contributed by atoms with Gasteiger partial charge in [0.15, 0.2) is 0 Å². The molecule has 0 aromatic carbocycles. The minimum atomic E-state index is -1.22. The van der Waals surface area contributed by atoms with E-state index in [1.54, 1.807) is 23.7 Å². The van der Waals surface area contributed by atoms with Gasteiger partial charge >= 0.3 is 5.97 Å². The zero-order valence-corrected chi connectivity index (χ0v) is 10.8. The maximum atomic E-state index is 11.1. The number of thioether (sulfide) groups is 1. The maximum absolute atomic E-state index is 11.1. The average Bonchev–Trinajstić information content (AvgIpc) is 2.34. The molecule has 0 saturated carbocycles. The molecule has 1 N–H and O–H groups in total. The average molecular weight is 271 g/mol. The van der Waals surface area contributed by atoms with Crippen molar-refractivity contribution in [2.24, 2.45) is 0 Å². The Bertz CT molecular complexity index is 466. The van der Waals surface area contributed by atoms with Crippen molar-refractivity contribution in [2.75, 3.05) is 30.5 Å². The van der Waals surface area contributed by atoms with Crippen LogP contribution in [-0.4, -0.2) is 46.6 Å². The summed E-state index contributed by atoms with van der Waals surface area (Å²) in [5.74, 6) is -0.173. The number of anilines is 1. The molecule has 7 nitrogen and oxygen atoms in total. The molecular weight excluding hydrogens is 258 g/mol. The van der Waals surface area contributed by atoms with E-state index in [0.29, 0.717) is 6.54 Å². The Labute approximate surface area is 108 Å². The summed E-state index contributed by atoms with van der Waals surface area (Å²) in [4.78, 5) is 26.5. The van der Waals surface area contributed by atoms with E-state index in [-0.39, 0.29) is 17.1 Å². The lowest BCUT2D eigenvalue weighted by Crippen LogP contribution is -2.24. The number of hydrogen-bond acceptors (Lipinski definition) is 6. The van der Waals surface area contributed by atoms with Crippen LogP contribution in [0.4, 0.5) is 11.5 Å². The summed E-state index contributed by atoms with van der Waals surface area (Å²) in [6.45, 7) is 0.617. The fraction of sp³-hybridized carbons (Fsp3) is 0.400. The fourth-order valence-corrected chi connectivity index (χ4v) is 1.80. The minimum Gasteiger partial charge on any atom is -0.478 e. The molecule has 8 heteroatoms. The molecule has 1 rings (SSSR count). The Kier molecular flexibility index (Phi) is 4.90. The lowest BCUT2D eigenvalue weighted by Gasteiger charge is -2.18. The van der Waals surface area contributed by atoms with Crippen LogP contribution in [-0.2, 0) is 0 Å². The van der Waals surface area contributed by atoms with Crippen LogP contribution in [0.1, 0.15) is 10.4 Å². The Balaban J connectivity index is 3.11. The summed E-state index contributed by atoms with van der Waals surface area (Å²) in [6, 6.07) is 1.03. The fourth-order valence-electron chi connectivity index (χ4n) is 1.34. The van der Waals surface area contributed by atoms with Gasteiger partial charge in [0.2, 0.25) is 0 Å². The van der Waals surface area contributed by atoms with E-state index < -0.39 is 10.9 Å². The number of rotatable bonds is 6. The van der Waals surface area contributed by atoms with Gasteiger partial charge in [0.05, 0.1) is 4.92 Å². The second-order valence-electron chi connectivity index (χ2n) is 3.54. The van der Waals surface area contributed by atoms with Crippen LogP contribution >= 0.6 is 11.8 Å². The molecule has 1 aromatic rings. The second kappa shape index (κ2) is 6.20. The SMILES string of the molecule is CSCCN(C)c1ncc([N+](=O)[O-])cc1C(=O)O. The third kappa shape index (κ3) is 3.33. The van der Waals surface area contributed by atoms with Crippen LogP contribution < -0.4 is 4.90 Å². The number of hydrogen-bond donors (Lipinski definition) is 1. The third-order valence-corrected chi connectivity index (χ3v) is 2.88. The van der Waals surface area contributed by atoms with Crippen molar-refractivity contribution >= 4 is 29.2 Å². The molecule has 0 atom stereocenters. The first-order valence-corrected chi connectivity index (χ1v) is 6.44. The highest BCUT2D eigenvalue weighted by molar-refractivity contribution is 7.98. The van der Waals surface area contributed by atoms with Crippen molar-refractivity contribution in [3.05, 3.63) is 27.9 Å². The predicted molar refractivity (Wildman–Crippen MR) is 69.5 cm³/mol. The number of aromatic carboxylic acids is 1. The number of pyridine rings is 1. The number of aromatic nitrogens is 1. The van der Waals surface area contributed by atoms with Gasteiger partial charge in [-0.1, -0.05) is 0 Å².